The van der Waals surface area contributed by atoms with E-state index in [0.29, 0.717) is 6.04 Å². The molecular formula is C9H12N2S. The van der Waals surface area contributed by atoms with Gasteiger partial charge >= 0.3 is 0 Å². The number of nitrogens with zero attached hydrogens (tertiary/aromatic N) is 1. The lowest BCUT2D eigenvalue weighted by atomic mass is 10.3. The van der Waals surface area contributed by atoms with Crippen LogP contribution in [0, 0.1) is 0 Å². The standard InChI is InChI=1S/C9H12N2S/c10-9(11-7-3-4-7)6-8-2-1-5-12-8/h1-2,5,7H,3-4,6H2,(H2,10,11). The van der Waals surface area contributed by atoms with Crippen molar-refractivity contribution < 1.29 is 0 Å². The van der Waals surface area contributed by atoms with Crippen LogP contribution in [-0.4, -0.2) is 11.9 Å². The van der Waals surface area contributed by atoms with Crippen LogP contribution in [0.15, 0.2) is 22.5 Å². The lowest BCUT2D eigenvalue weighted by molar-refractivity contribution is 1.04. The van der Waals surface area contributed by atoms with E-state index in [2.05, 4.69) is 16.4 Å². The molecule has 1 aliphatic carbocycles. The van der Waals surface area contributed by atoms with Crippen LogP contribution in [0.1, 0.15) is 17.7 Å². The van der Waals surface area contributed by atoms with E-state index in [9.17, 15) is 0 Å². The Hall–Kier alpha value is -0.830. The average Bonchev–Trinajstić information content (AvgIpc) is 2.66. The third-order valence-corrected chi connectivity index (χ3v) is 2.71. The van der Waals surface area contributed by atoms with Crippen LogP contribution in [0.3, 0.4) is 0 Å². The monoisotopic (exact) mass is 180 g/mol. The first-order valence-corrected chi connectivity index (χ1v) is 5.07. The Kier molecular flexibility index (Phi) is 2.13. The van der Waals surface area contributed by atoms with Crippen molar-refractivity contribution in [3.63, 3.8) is 0 Å². The van der Waals surface area contributed by atoms with Crippen molar-refractivity contribution in [1.29, 1.82) is 0 Å². The van der Waals surface area contributed by atoms with Crippen LogP contribution < -0.4 is 5.73 Å². The quantitative estimate of drug-likeness (QED) is 0.559. The fraction of sp³-hybridized carbons (Fsp3) is 0.444. The normalized spacial score (nSPS) is 18.2. The Labute approximate surface area is 76.1 Å². The van der Waals surface area contributed by atoms with Crippen LogP contribution in [0.25, 0.3) is 0 Å². The smallest absolute Gasteiger partial charge is 0.0993 e. The second kappa shape index (κ2) is 3.27. The van der Waals surface area contributed by atoms with Gasteiger partial charge in [0.2, 0.25) is 0 Å². The molecule has 1 heterocycles. The van der Waals surface area contributed by atoms with E-state index in [-0.39, 0.29) is 0 Å². The van der Waals surface area contributed by atoms with Crippen molar-refractivity contribution in [2.24, 2.45) is 10.7 Å². The molecule has 2 N–H and O–H groups in total. The number of hydrogen-bond donors (Lipinski definition) is 1. The first-order valence-electron chi connectivity index (χ1n) is 4.19. The van der Waals surface area contributed by atoms with Gasteiger partial charge in [-0.15, -0.1) is 11.3 Å². The molecule has 2 nitrogen and oxygen atoms in total. The molecule has 1 saturated carbocycles. The molecule has 1 fully saturated rings. The van der Waals surface area contributed by atoms with Gasteiger partial charge in [-0.25, -0.2) is 0 Å². The molecule has 0 amide bonds. The van der Waals surface area contributed by atoms with Crippen LogP contribution in [0.4, 0.5) is 0 Å². The second-order valence-corrected chi connectivity index (χ2v) is 4.14. The fourth-order valence-electron chi connectivity index (χ4n) is 1.08. The van der Waals surface area contributed by atoms with Crippen molar-refractivity contribution in [3.05, 3.63) is 22.4 Å². The predicted octanol–water partition coefficient (Wildman–Crippen LogP) is 1.81. The maximum Gasteiger partial charge on any atom is 0.0993 e. The molecule has 0 aromatic carbocycles. The molecule has 0 spiro atoms. The van der Waals surface area contributed by atoms with Gasteiger partial charge in [0.15, 0.2) is 0 Å². The Morgan fingerprint density at radius 3 is 3.08 bits per heavy atom. The number of amidine groups is 1. The van der Waals surface area contributed by atoms with E-state index >= 15 is 0 Å². The lowest BCUT2D eigenvalue weighted by Crippen LogP contribution is -2.14. The molecule has 1 aromatic rings. The molecule has 0 unspecified atom stereocenters. The van der Waals surface area contributed by atoms with E-state index in [1.165, 1.54) is 17.7 Å². The summed E-state index contributed by atoms with van der Waals surface area (Å²) in [7, 11) is 0. The van der Waals surface area contributed by atoms with Gasteiger partial charge in [0, 0.05) is 11.3 Å². The largest absolute Gasteiger partial charge is 0.387 e. The molecule has 12 heavy (non-hydrogen) atoms. The van der Waals surface area contributed by atoms with Gasteiger partial charge < -0.3 is 5.73 Å². The average molecular weight is 180 g/mol. The zero-order valence-electron chi connectivity index (χ0n) is 6.86. The summed E-state index contributed by atoms with van der Waals surface area (Å²) in [6.07, 6.45) is 3.28. The Bertz CT molecular complexity index is 273. The Morgan fingerprint density at radius 1 is 1.67 bits per heavy atom. The van der Waals surface area contributed by atoms with Gasteiger partial charge in [-0.05, 0) is 24.3 Å². The number of aliphatic imine (C=N–C) groups is 1. The summed E-state index contributed by atoms with van der Waals surface area (Å²) in [6, 6.07) is 4.69. The highest BCUT2D eigenvalue weighted by Gasteiger charge is 2.20. The summed E-state index contributed by atoms with van der Waals surface area (Å²) in [5.74, 6) is 0.792. The van der Waals surface area contributed by atoms with Crippen molar-refractivity contribution in [3.8, 4) is 0 Å². The second-order valence-electron chi connectivity index (χ2n) is 3.11. The molecule has 0 bridgehead atoms. The molecule has 0 saturated heterocycles. The van der Waals surface area contributed by atoms with Gasteiger partial charge in [-0.3, -0.25) is 4.99 Å². The summed E-state index contributed by atoms with van der Waals surface area (Å²) < 4.78 is 0. The zero-order valence-corrected chi connectivity index (χ0v) is 7.68. The van der Waals surface area contributed by atoms with Gasteiger partial charge in [-0.2, -0.15) is 0 Å². The van der Waals surface area contributed by atoms with Gasteiger partial charge in [-0.1, -0.05) is 6.07 Å². The lowest BCUT2D eigenvalue weighted by Gasteiger charge is -1.96. The van der Waals surface area contributed by atoms with E-state index < -0.39 is 0 Å². The van der Waals surface area contributed by atoms with E-state index in [1.807, 2.05) is 6.07 Å². The van der Waals surface area contributed by atoms with Crippen LogP contribution >= 0.6 is 11.3 Å². The number of rotatable bonds is 3. The highest BCUT2D eigenvalue weighted by atomic mass is 32.1. The minimum atomic E-state index is 0.546. The summed E-state index contributed by atoms with van der Waals surface area (Å²) in [5.41, 5.74) is 5.76. The van der Waals surface area contributed by atoms with Crippen LogP contribution in [-0.2, 0) is 6.42 Å². The highest BCUT2D eigenvalue weighted by Crippen LogP contribution is 2.23. The Morgan fingerprint density at radius 2 is 2.50 bits per heavy atom. The number of nitrogens with two attached hydrogens (primary N) is 1. The molecule has 0 atom stereocenters. The minimum Gasteiger partial charge on any atom is -0.387 e. The summed E-state index contributed by atoms with van der Waals surface area (Å²) in [4.78, 5) is 5.67. The third kappa shape index (κ3) is 2.08. The third-order valence-electron chi connectivity index (χ3n) is 1.83. The maximum atomic E-state index is 5.76. The van der Waals surface area contributed by atoms with E-state index in [0.717, 1.165) is 12.3 Å². The number of hydrogen-bond acceptors (Lipinski definition) is 2. The van der Waals surface area contributed by atoms with E-state index in [4.69, 9.17) is 5.73 Å². The first kappa shape index (κ1) is 7.80. The van der Waals surface area contributed by atoms with Gasteiger partial charge in [0.05, 0.1) is 11.9 Å². The summed E-state index contributed by atoms with van der Waals surface area (Å²) in [5, 5.41) is 2.07. The van der Waals surface area contributed by atoms with E-state index in [1.54, 1.807) is 11.3 Å². The summed E-state index contributed by atoms with van der Waals surface area (Å²) >= 11 is 1.74. The molecule has 3 heteroatoms. The molecule has 0 radical (unpaired) electrons. The fourth-order valence-corrected chi connectivity index (χ4v) is 1.80. The Balaban J connectivity index is 1.93. The zero-order chi connectivity index (χ0) is 8.39. The van der Waals surface area contributed by atoms with Crippen molar-refractivity contribution in [2.75, 3.05) is 0 Å². The summed E-state index contributed by atoms with van der Waals surface area (Å²) in [6.45, 7) is 0. The molecule has 2 rings (SSSR count). The van der Waals surface area contributed by atoms with Crippen molar-refractivity contribution in [1.82, 2.24) is 0 Å². The minimum absolute atomic E-state index is 0.546. The first-order chi connectivity index (χ1) is 5.84. The molecule has 1 aromatic heterocycles. The SMILES string of the molecule is NC(Cc1cccs1)=NC1CC1. The topological polar surface area (TPSA) is 38.4 Å². The predicted molar refractivity (Wildman–Crippen MR) is 52.7 cm³/mol. The molecule has 0 aliphatic heterocycles. The van der Waals surface area contributed by atoms with Crippen LogP contribution in [0.5, 0.6) is 0 Å². The molecule has 1 aliphatic rings. The molecule has 64 valence electrons. The molecular weight excluding hydrogens is 168 g/mol. The van der Waals surface area contributed by atoms with Gasteiger partial charge in [0.1, 0.15) is 0 Å². The number of thiophene rings is 1. The highest BCUT2D eigenvalue weighted by molar-refractivity contribution is 7.10. The van der Waals surface area contributed by atoms with Crippen molar-refractivity contribution in [2.45, 2.75) is 25.3 Å². The maximum absolute atomic E-state index is 5.76. The van der Waals surface area contributed by atoms with Gasteiger partial charge in [0.25, 0.3) is 0 Å². The van der Waals surface area contributed by atoms with Crippen LogP contribution in [0.2, 0.25) is 0 Å². The van der Waals surface area contributed by atoms with Crippen molar-refractivity contribution >= 4 is 17.2 Å².